The topological polar surface area (TPSA) is 12.4 Å². The van der Waals surface area contributed by atoms with E-state index in [4.69, 9.17) is 0 Å². The first-order chi connectivity index (χ1) is 3.81. The van der Waals surface area contributed by atoms with Crippen LogP contribution in [0.1, 0.15) is 6.92 Å². The van der Waals surface area contributed by atoms with E-state index in [2.05, 4.69) is 24.3 Å². The second-order valence-corrected chi connectivity index (χ2v) is 1.67. The van der Waals surface area contributed by atoms with Gasteiger partial charge in [0.2, 0.25) is 0 Å². The summed E-state index contributed by atoms with van der Waals surface area (Å²) in [6.45, 7) is 5.22. The standard InChI is InChI=1S/C6H9NS/c1-3-4-5-6(8)7-2/h3-5,8H,2H2,1H3/b4-3-,6-5+. The molecular weight excluding hydrogens is 118 g/mol. The lowest BCUT2D eigenvalue weighted by molar-refractivity contribution is 1.56. The fraction of sp³-hybridized carbons (Fsp3) is 0.167. The zero-order chi connectivity index (χ0) is 6.41. The third kappa shape index (κ3) is 3.68. The molecule has 0 aliphatic rings. The minimum Gasteiger partial charge on any atom is -0.258 e. The van der Waals surface area contributed by atoms with Crippen LogP contribution in [0.15, 0.2) is 28.2 Å². The number of hydrogen-bond donors (Lipinski definition) is 1. The summed E-state index contributed by atoms with van der Waals surface area (Å²) in [6, 6.07) is 0. The monoisotopic (exact) mass is 127 g/mol. The van der Waals surface area contributed by atoms with Gasteiger partial charge in [-0.2, -0.15) is 0 Å². The Labute approximate surface area is 55.2 Å². The lowest BCUT2D eigenvalue weighted by atomic mass is 10.5. The smallest absolute Gasteiger partial charge is 0.0921 e. The van der Waals surface area contributed by atoms with Crippen LogP contribution in [-0.4, -0.2) is 6.72 Å². The highest BCUT2D eigenvalue weighted by Gasteiger charge is 1.72. The second-order valence-electron chi connectivity index (χ2n) is 1.21. The summed E-state index contributed by atoms with van der Waals surface area (Å²) in [5.74, 6) is 0. The first kappa shape index (κ1) is 7.50. The fourth-order valence-corrected chi connectivity index (χ4v) is 0.321. The molecule has 8 heavy (non-hydrogen) atoms. The van der Waals surface area contributed by atoms with Crippen molar-refractivity contribution in [1.29, 1.82) is 0 Å². The maximum atomic E-state index is 3.94. The van der Waals surface area contributed by atoms with Gasteiger partial charge in [0.15, 0.2) is 0 Å². The summed E-state index contributed by atoms with van der Waals surface area (Å²) in [6.07, 6.45) is 5.54. The summed E-state index contributed by atoms with van der Waals surface area (Å²) < 4.78 is 0. The van der Waals surface area contributed by atoms with Crippen molar-refractivity contribution in [2.75, 3.05) is 0 Å². The molecule has 0 saturated carbocycles. The van der Waals surface area contributed by atoms with E-state index < -0.39 is 0 Å². The van der Waals surface area contributed by atoms with Crippen LogP contribution in [0.3, 0.4) is 0 Å². The molecule has 0 spiro atoms. The predicted molar refractivity (Wildman–Crippen MR) is 41.4 cm³/mol. The van der Waals surface area contributed by atoms with Crippen molar-refractivity contribution in [2.45, 2.75) is 6.92 Å². The number of hydrogen-bond acceptors (Lipinski definition) is 2. The van der Waals surface area contributed by atoms with Crippen molar-refractivity contribution in [1.82, 2.24) is 0 Å². The molecule has 1 nitrogen and oxygen atoms in total. The predicted octanol–water partition coefficient (Wildman–Crippen LogP) is 2.03. The SMILES string of the molecule is C=N/C(S)=C\C=C/C. The molecule has 0 atom stereocenters. The van der Waals surface area contributed by atoms with Crippen LogP contribution in [0.25, 0.3) is 0 Å². The lowest BCUT2D eigenvalue weighted by Gasteiger charge is -1.80. The van der Waals surface area contributed by atoms with Gasteiger partial charge in [0.25, 0.3) is 0 Å². The van der Waals surface area contributed by atoms with Crippen LogP contribution in [0, 0.1) is 0 Å². The summed E-state index contributed by atoms with van der Waals surface area (Å²) in [7, 11) is 0. The molecule has 0 heterocycles. The Balaban J connectivity index is 3.74. The summed E-state index contributed by atoms with van der Waals surface area (Å²) in [4.78, 5) is 3.55. The van der Waals surface area contributed by atoms with Crippen LogP contribution in [-0.2, 0) is 0 Å². The maximum absolute atomic E-state index is 3.94. The van der Waals surface area contributed by atoms with E-state index in [0.717, 1.165) is 0 Å². The summed E-state index contributed by atoms with van der Waals surface area (Å²) in [5.41, 5.74) is 0. The highest BCUT2D eigenvalue weighted by molar-refractivity contribution is 7.84. The van der Waals surface area contributed by atoms with E-state index in [1.165, 1.54) is 0 Å². The van der Waals surface area contributed by atoms with Crippen molar-refractivity contribution >= 4 is 19.3 Å². The van der Waals surface area contributed by atoms with Crippen molar-refractivity contribution in [3.63, 3.8) is 0 Å². The molecular formula is C6H9NS. The molecule has 0 rings (SSSR count). The first-order valence-electron chi connectivity index (χ1n) is 2.30. The molecule has 0 bridgehead atoms. The van der Waals surface area contributed by atoms with Crippen molar-refractivity contribution in [3.8, 4) is 0 Å². The molecule has 0 aliphatic carbocycles. The number of nitrogens with zero attached hydrogens (tertiary/aromatic N) is 1. The Bertz CT molecular complexity index is 124. The highest BCUT2D eigenvalue weighted by atomic mass is 32.1. The molecule has 0 unspecified atom stereocenters. The van der Waals surface area contributed by atoms with Crippen LogP contribution >= 0.6 is 12.6 Å². The third-order valence-electron chi connectivity index (χ3n) is 0.600. The molecule has 0 aromatic heterocycles. The average Bonchev–Trinajstić information content (AvgIpc) is 1.83. The van der Waals surface area contributed by atoms with Gasteiger partial charge in [-0.1, -0.05) is 12.2 Å². The molecule has 44 valence electrons. The molecule has 0 aliphatic heterocycles. The number of aliphatic imine (C=N–C) groups is 1. The van der Waals surface area contributed by atoms with Gasteiger partial charge in [0.05, 0.1) is 5.03 Å². The molecule has 0 saturated heterocycles. The highest BCUT2D eigenvalue weighted by Crippen LogP contribution is 1.98. The summed E-state index contributed by atoms with van der Waals surface area (Å²) >= 11 is 3.94. The van der Waals surface area contributed by atoms with Crippen LogP contribution in [0.5, 0.6) is 0 Å². The quantitative estimate of drug-likeness (QED) is 0.331. The molecule has 0 amide bonds. The van der Waals surface area contributed by atoms with Crippen molar-refractivity contribution < 1.29 is 0 Å². The Morgan fingerprint density at radius 3 is 2.75 bits per heavy atom. The first-order valence-corrected chi connectivity index (χ1v) is 2.74. The van der Waals surface area contributed by atoms with Gasteiger partial charge >= 0.3 is 0 Å². The van der Waals surface area contributed by atoms with E-state index in [1.54, 1.807) is 6.08 Å². The molecule has 2 heteroatoms. The molecule has 0 radical (unpaired) electrons. The van der Waals surface area contributed by atoms with Gasteiger partial charge in [-0.15, -0.1) is 12.6 Å². The Hall–Kier alpha value is -0.500. The fourth-order valence-electron chi connectivity index (χ4n) is 0.235. The Morgan fingerprint density at radius 2 is 2.38 bits per heavy atom. The van der Waals surface area contributed by atoms with Gasteiger partial charge in [-0.05, 0) is 19.7 Å². The van der Waals surface area contributed by atoms with Crippen LogP contribution < -0.4 is 0 Å². The summed E-state index contributed by atoms with van der Waals surface area (Å²) in [5, 5.41) is 0.642. The van der Waals surface area contributed by atoms with E-state index >= 15 is 0 Å². The second kappa shape index (κ2) is 4.65. The van der Waals surface area contributed by atoms with E-state index in [9.17, 15) is 0 Å². The van der Waals surface area contributed by atoms with Gasteiger partial charge in [0.1, 0.15) is 0 Å². The van der Waals surface area contributed by atoms with Gasteiger partial charge in [-0.3, -0.25) is 4.99 Å². The minimum absolute atomic E-state index is 0.642. The minimum atomic E-state index is 0.642. The van der Waals surface area contributed by atoms with Gasteiger partial charge in [0, 0.05) is 0 Å². The zero-order valence-corrected chi connectivity index (χ0v) is 5.73. The number of thiol groups is 1. The maximum Gasteiger partial charge on any atom is 0.0921 e. The Morgan fingerprint density at radius 1 is 1.75 bits per heavy atom. The van der Waals surface area contributed by atoms with E-state index in [-0.39, 0.29) is 0 Å². The largest absolute Gasteiger partial charge is 0.258 e. The van der Waals surface area contributed by atoms with Crippen LogP contribution in [0.4, 0.5) is 0 Å². The molecule has 0 aromatic carbocycles. The molecule has 0 N–H and O–H groups in total. The molecule has 0 aromatic rings. The van der Waals surface area contributed by atoms with Gasteiger partial charge in [-0.25, -0.2) is 0 Å². The number of allylic oxidation sites excluding steroid dienone is 3. The van der Waals surface area contributed by atoms with Crippen LogP contribution in [0.2, 0.25) is 0 Å². The zero-order valence-electron chi connectivity index (χ0n) is 4.83. The van der Waals surface area contributed by atoms with E-state index in [1.807, 2.05) is 19.1 Å². The van der Waals surface area contributed by atoms with E-state index in [0.29, 0.717) is 5.03 Å². The van der Waals surface area contributed by atoms with Gasteiger partial charge < -0.3 is 0 Å². The normalized spacial score (nSPS) is 12.5. The third-order valence-corrected chi connectivity index (χ3v) is 0.890. The average molecular weight is 127 g/mol. The molecule has 0 fully saturated rings. The van der Waals surface area contributed by atoms with Crippen molar-refractivity contribution in [2.24, 2.45) is 4.99 Å². The van der Waals surface area contributed by atoms with Crippen molar-refractivity contribution in [3.05, 3.63) is 23.3 Å². The number of rotatable bonds is 2. The lowest BCUT2D eigenvalue weighted by Crippen LogP contribution is -1.56. The Kier molecular flexibility index (Phi) is 4.36.